The molecule has 28 heavy (non-hydrogen) atoms. The van der Waals surface area contributed by atoms with Crippen molar-refractivity contribution in [1.29, 1.82) is 0 Å². The summed E-state index contributed by atoms with van der Waals surface area (Å²) in [6, 6.07) is 13.6. The molecule has 140 valence electrons. The highest BCUT2D eigenvalue weighted by atomic mass is 35.5. The van der Waals surface area contributed by atoms with Crippen molar-refractivity contribution in [2.24, 2.45) is 7.05 Å². The zero-order chi connectivity index (χ0) is 19.6. The third-order valence-corrected chi connectivity index (χ3v) is 5.84. The minimum Gasteiger partial charge on any atom is -0.345 e. The first-order valence-corrected chi connectivity index (χ1v) is 9.49. The van der Waals surface area contributed by atoms with Gasteiger partial charge in [0.15, 0.2) is 0 Å². The molecule has 0 unspecified atom stereocenters. The van der Waals surface area contributed by atoms with E-state index in [4.69, 9.17) is 11.6 Å². The molecule has 2 aromatic carbocycles. The number of anilines is 1. The number of ketones is 1. The Kier molecular flexibility index (Phi) is 3.64. The first kappa shape index (κ1) is 17.1. The van der Waals surface area contributed by atoms with Gasteiger partial charge in [0, 0.05) is 24.3 Å². The van der Waals surface area contributed by atoms with Gasteiger partial charge in [-0.1, -0.05) is 23.7 Å². The van der Waals surface area contributed by atoms with E-state index >= 15 is 0 Å². The SMILES string of the molecule is CC(=O)Cn1ccc2ccc(N3Cc4c(c5c(Cl)cccc5n4C)C3=O)cc21. The fourth-order valence-electron chi connectivity index (χ4n) is 4.20. The number of amides is 1. The van der Waals surface area contributed by atoms with Crippen LogP contribution in [0.15, 0.2) is 48.7 Å². The summed E-state index contributed by atoms with van der Waals surface area (Å²) in [7, 11) is 1.97. The molecular weight excluding hydrogens is 374 g/mol. The van der Waals surface area contributed by atoms with Gasteiger partial charge in [-0.2, -0.15) is 0 Å². The molecule has 0 bridgehead atoms. The molecule has 3 heterocycles. The lowest BCUT2D eigenvalue weighted by atomic mass is 10.1. The summed E-state index contributed by atoms with van der Waals surface area (Å²) in [4.78, 5) is 26.6. The minimum atomic E-state index is -0.0438. The molecule has 0 fully saturated rings. The second-order valence-corrected chi connectivity index (χ2v) is 7.70. The molecule has 4 aromatic rings. The fourth-order valence-corrected chi connectivity index (χ4v) is 4.46. The maximum atomic E-state index is 13.3. The van der Waals surface area contributed by atoms with E-state index in [-0.39, 0.29) is 11.7 Å². The Labute approximate surface area is 166 Å². The third-order valence-electron chi connectivity index (χ3n) is 5.53. The summed E-state index contributed by atoms with van der Waals surface area (Å²) in [5.41, 5.74) is 4.38. The summed E-state index contributed by atoms with van der Waals surface area (Å²) < 4.78 is 3.96. The van der Waals surface area contributed by atoms with Crippen molar-refractivity contribution in [3.8, 4) is 0 Å². The van der Waals surface area contributed by atoms with E-state index in [9.17, 15) is 9.59 Å². The quantitative estimate of drug-likeness (QED) is 0.515. The van der Waals surface area contributed by atoms with Crippen molar-refractivity contribution in [3.05, 3.63) is 64.9 Å². The maximum absolute atomic E-state index is 13.3. The number of nitrogens with zero attached hydrogens (tertiary/aromatic N) is 3. The van der Waals surface area contributed by atoms with Gasteiger partial charge in [-0.3, -0.25) is 9.59 Å². The van der Waals surface area contributed by atoms with E-state index in [1.165, 1.54) is 0 Å². The molecule has 2 aromatic heterocycles. The van der Waals surface area contributed by atoms with Crippen LogP contribution in [0, 0.1) is 0 Å². The number of hydrogen-bond donors (Lipinski definition) is 0. The molecule has 1 aliphatic rings. The zero-order valence-electron chi connectivity index (χ0n) is 15.6. The number of Topliss-reactive ketones (excluding diaryl/α,β-unsaturated/α-hetero) is 1. The van der Waals surface area contributed by atoms with E-state index in [2.05, 4.69) is 0 Å². The lowest BCUT2D eigenvalue weighted by Crippen LogP contribution is -2.23. The highest BCUT2D eigenvalue weighted by Crippen LogP contribution is 2.38. The number of aromatic nitrogens is 2. The molecule has 6 heteroatoms. The van der Waals surface area contributed by atoms with Crippen molar-refractivity contribution in [2.45, 2.75) is 20.0 Å². The standard InChI is InChI=1S/C22H18ClN3O2/c1-13(27)11-25-9-8-14-6-7-15(10-18(14)25)26-12-19-21(22(26)28)20-16(23)4-3-5-17(20)24(19)2/h3-10H,11-12H2,1-2H3. The van der Waals surface area contributed by atoms with Gasteiger partial charge >= 0.3 is 0 Å². The fraction of sp³-hybridized carbons (Fsp3) is 0.182. The molecule has 0 radical (unpaired) electrons. The highest BCUT2D eigenvalue weighted by Gasteiger charge is 2.34. The van der Waals surface area contributed by atoms with E-state index in [0.717, 1.165) is 33.2 Å². The molecule has 0 atom stereocenters. The van der Waals surface area contributed by atoms with Crippen LogP contribution in [-0.4, -0.2) is 20.8 Å². The minimum absolute atomic E-state index is 0.0438. The van der Waals surface area contributed by atoms with E-state index in [1.807, 2.05) is 64.8 Å². The Bertz CT molecular complexity index is 1300. The first-order valence-electron chi connectivity index (χ1n) is 9.11. The van der Waals surface area contributed by atoms with Gasteiger partial charge < -0.3 is 14.0 Å². The first-order chi connectivity index (χ1) is 13.5. The molecule has 5 rings (SSSR count). The van der Waals surface area contributed by atoms with Crippen molar-refractivity contribution in [3.63, 3.8) is 0 Å². The van der Waals surface area contributed by atoms with Crippen molar-refractivity contribution in [2.75, 3.05) is 4.90 Å². The smallest absolute Gasteiger partial charge is 0.261 e. The molecule has 0 saturated heterocycles. The lowest BCUT2D eigenvalue weighted by Gasteiger charge is -2.18. The van der Waals surface area contributed by atoms with Crippen LogP contribution >= 0.6 is 11.6 Å². The van der Waals surface area contributed by atoms with Crippen LogP contribution in [0.1, 0.15) is 23.0 Å². The molecule has 5 nitrogen and oxygen atoms in total. The molecule has 0 saturated carbocycles. The second-order valence-electron chi connectivity index (χ2n) is 7.29. The Balaban J connectivity index is 1.62. The number of carbonyl (C=O) groups excluding carboxylic acids is 2. The van der Waals surface area contributed by atoms with Crippen LogP contribution in [0.25, 0.3) is 21.8 Å². The summed E-state index contributed by atoms with van der Waals surface area (Å²) in [5, 5.41) is 2.45. The van der Waals surface area contributed by atoms with Gasteiger partial charge in [-0.25, -0.2) is 0 Å². The molecule has 0 aliphatic carbocycles. The second kappa shape index (κ2) is 5.97. The van der Waals surface area contributed by atoms with Crippen LogP contribution in [0.3, 0.4) is 0 Å². The van der Waals surface area contributed by atoms with Gasteiger partial charge in [0.2, 0.25) is 0 Å². The van der Waals surface area contributed by atoms with E-state index in [0.29, 0.717) is 23.7 Å². The molecular formula is C22H18ClN3O2. The van der Waals surface area contributed by atoms with E-state index in [1.54, 1.807) is 11.8 Å². The topological polar surface area (TPSA) is 47.2 Å². The average Bonchev–Trinajstić information content (AvgIpc) is 3.29. The number of hydrogen-bond acceptors (Lipinski definition) is 2. The largest absolute Gasteiger partial charge is 0.345 e. The summed E-state index contributed by atoms with van der Waals surface area (Å²) in [6.07, 6.45) is 1.91. The number of fused-ring (bicyclic) bond motifs is 4. The average molecular weight is 392 g/mol. The predicted molar refractivity (Wildman–Crippen MR) is 111 cm³/mol. The number of halogens is 1. The number of carbonyl (C=O) groups is 2. The number of aryl methyl sites for hydroxylation is 1. The van der Waals surface area contributed by atoms with Gasteiger partial charge in [-0.05, 0) is 42.6 Å². The van der Waals surface area contributed by atoms with Crippen LogP contribution in [0.4, 0.5) is 5.69 Å². The Hall–Kier alpha value is -3.05. The van der Waals surface area contributed by atoms with Gasteiger partial charge in [0.05, 0.1) is 40.4 Å². The summed E-state index contributed by atoms with van der Waals surface area (Å²) >= 11 is 6.43. The van der Waals surface area contributed by atoms with Crippen LogP contribution in [-0.2, 0) is 24.9 Å². The molecule has 0 spiro atoms. The highest BCUT2D eigenvalue weighted by molar-refractivity contribution is 6.37. The lowest BCUT2D eigenvalue weighted by molar-refractivity contribution is -0.117. The molecule has 0 N–H and O–H groups in total. The summed E-state index contributed by atoms with van der Waals surface area (Å²) in [5.74, 6) is 0.0476. The zero-order valence-corrected chi connectivity index (χ0v) is 16.3. The normalized spacial score (nSPS) is 13.7. The predicted octanol–water partition coefficient (Wildman–Crippen LogP) is 4.54. The van der Waals surface area contributed by atoms with Crippen molar-refractivity contribution in [1.82, 2.24) is 9.13 Å². The van der Waals surface area contributed by atoms with Crippen LogP contribution in [0.2, 0.25) is 5.02 Å². The molecule has 1 aliphatic heterocycles. The Morgan fingerprint density at radius 3 is 2.75 bits per heavy atom. The Morgan fingerprint density at radius 2 is 1.96 bits per heavy atom. The van der Waals surface area contributed by atoms with Crippen molar-refractivity contribution >= 4 is 50.8 Å². The van der Waals surface area contributed by atoms with Gasteiger partial charge in [0.25, 0.3) is 5.91 Å². The number of rotatable bonds is 3. The van der Waals surface area contributed by atoms with Gasteiger partial charge in [0.1, 0.15) is 5.78 Å². The van der Waals surface area contributed by atoms with Crippen LogP contribution in [0.5, 0.6) is 0 Å². The van der Waals surface area contributed by atoms with Gasteiger partial charge in [-0.15, -0.1) is 0 Å². The third kappa shape index (κ3) is 2.33. The summed E-state index contributed by atoms with van der Waals surface area (Å²) in [6.45, 7) is 2.39. The Morgan fingerprint density at radius 1 is 1.14 bits per heavy atom. The van der Waals surface area contributed by atoms with Crippen molar-refractivity contribution < 1.29 is 9.59 Å². The van der Waals surface area contributed by atoms with E-state index < -0.39 is 0 Å². The maximum Gasteiger partial charge on any atom is 0.261 e. The monoisotopic (exact) mass is 391 g/mol. The molecule has 1 amide bonds. The van der Waals surface area contributed by atoms with Crippen LogP contribution < -0.4 is 4.90 Å². The number of benzene rings is 2.